The van der Waals surface area contributed by atoms with Crippen LogP contribution >= 0.6 is 11.6 Å². The van der Waals surface area contributed by atoms with Crippen LogP contribution in [-0.4, -0.2) is 4.57 Å². The number of pyridine rings is 1. The van der Waals surface area contributed by atoms with Crippen molar-refractivity contribution in [2.45, 2.75) is 19.8 Å². The number of nitrogen functional groups attached to an aromatic ring is 1. The van der Waals surface area contributed by atoms with E-state index in [-0.39, 0.29) is 11.2 Å². The molecule has 0 spiro atoms. The number of fused-ring (bicyclic) bond motifs is 1. The third-order valence-corrected chi connectivity index (χ3v) is 4.60. The second-order valence-corrected chi connectivity index (χ2v) is 6.47. The zero-order chi connectivity index (χ0) is 16.7. The van der Waals surface area contributed by atoms with Gasteiger partial charge in [-0.2, -0.15) is 0 Å². The number of halogens is 1. The van der Waals surface area contributed by atoms with Gasteiger partial charge < -0.3 is 10.3 Å². The molecule has 0 amide bonds. The predicted octanol–water partition coefficient (Wildman–Crippen LogP) is 4.56. The number of anilines is 1. The van der Waals surface area contributed by atoms with Crippen molar-refractivity contribution < 1.29 is 0 Å². The van der Waals surface area contributed by atoms with E-state index in [1.54, 1.807) is 11.6 Å². The molecule has 2 aromatic carbocycles. The Morgan fingerprint density at radius 1 is 1.13 bits per heavy atom. The standard InChI is InChI=1S/C19H19ClN2O/c1-11(2)12-8-9-16-14(10-12)17(18(21)19(23)22(16)3)13-6-4-5-7-15(13)20/h4-11H,21H2,1-3H3. The van der Waals surface area contributed by atoms with Crippen LogP contribution in [0.15, 0.2) is 47.3 Å². The number of benzene rings is 2. The molecule has 0 fully saturated rings. The van der Waals surface area contributed by atoms with E-state index in [1.807, 2.05) is 30.3 Å². The molecule has 0 aliphatic carbocycles. The molecule has 3 nitrogen and oxygen atoms in total. The van der Waals surface area contributed by atoms with Gasteiger partial charge in [-0.25, -0.2) is 0 Å². The first-order valence-corrected chi connectivity index (χ1v) is 7.96. The normalized spacial score (nSPS) is 11.3. The molecular weight excluding hydrogens is 308 g/mol. The van der Waals surface area contributed by atoms with Gasteiger partial charge in [-0.15, -0.1) is 0 Å². The van der Waals surface area contributed by atoms with E-state index >= 15 is 0 Å². The minimum absolute atomic E-state index is 0.204. The Hall–Kier alpha value is -2.26. The van der Waals surface area contributed by atoms with Gasteiger partial charge in [0, 0.05) is 28.6 Å². The molecule has 0 saturated carbocycles. The molecule has 3 aromatic rings. The van der Waals surface area contributed by atoms with E-state index < -0.39 is 0 Å². The highest BCUT2D eigenvalue weighted by Crippen LogP contribution is 2.37. The number of nitrogens with zero attached hydrogens (tertiary/aromatic N) is 1. The Labute approximate surface area is 140 Å². The smallest absolute Gasteiger partial charge is 0.274 e. The first-order valence-electron chi connectivity index (χ1n) is 7.58. The van der Waals surface area contributed by atoms with E-state index in [0.717, 1.165) is 22.0 Å². The first kappa shape index (κ1) is 15.6. The zero-order valence-electron chi connectivity index (χ0n) is 13.4. The summed E-state index contributed by atoms with van der Waals surface area (Å²) in [5.41, 5.74) is 9.77. The third-order valence-electron chi connectivity index (χ3n) is 4.27. The minimum atomic E-state index is -0.204. The molecular formula is C19H19ClN2O. The number of rotatable bonds is 2. The molecule has 3 rings (SSSR count). The number of hydrogen-bond acceptors (Lipinski definition) is 2. The maximum atomic E-state index is 12.5. The van der Waals surface area contributed by atoms with Gasteiger partial charge in [0.15, 0.2) is 0 Å². The fourth-order valence-corrected chi connectivity index (χ4v) is 3.13. The van der Waals surface area contributed by atoms with Gasteiger partial charge in [-0.05, 0) is 29.7 Å². The highest BCUT2D eigenvalue weighted by molar-refractivity contribution is 6.34. The number of hydrogen-bond donors (Lipinski definition) is 1. The number of aryl methyl sites for hydroxylation is 1. The predicted molar refractivity (Wildman–Crippen MR) is 98.1 cm³/mol. The Morgan fingerprint density at radius 3 is 2.48 bits per heavy atom. The zero-order valence-corrected chi connectivity index (χ0v) is 14.2. The molecule has 0 saturated heterocycles. The summed E-state index contributed by atoms with van der Waals surface area (Å²) in [6.07, 6.45) is 0. The molecule has 0 unspecified atom stereocenters. The van der Waals surface area contributed by atoms with Gasteiger partial charge in [0.05, 0.1) is 5.52 Å². The van der Waals surface area contributed by atoms with Crippen LogP contribution in [0.3, 0.4) is 0 Å². The lowest BCUT2D eigenvalue weighted by Crippen LogP contribution is -2.21. The van der Waals surface area contributed by atoms with Crippen molar-refractivity contribution in [2.24, 2.45) is 7.05 Å². The van der Waals surface area contributed by atoms with Crippen LogP contribution in [0, 0.1) is 0 Å². The lowest BCUT2D eigenvalue weighted by molar-refractivity contribution is 0.865. The minimum Gasteiger partial charge on any atom is -0.394 e. The van der Waals surface area contributed by atoms with Gasteiger partial charge in [0.25, 0.3) is 5.56 Å². The maximum Gasteiger partial charge on any atom is 0.274 e. The van der Waals surface area contributed by atoms with Gasteiger partial charge in [0.1, 0.15) is 5.69 Å². The Bertz CT molecular complexity index is 957. The quantitative estimate of drug-likeness (QED) is 0.750. The molecule has 0 aliphatic heterocycles. The van der Waals surface area contributed by atoms with Crippen molar-refractivity contribution in [3.63, 3.8) is 0 Å². The Kier molecular flexibility index (Phi) is 3.90. The number of aromatic nitrogens is 1. The molecule has 0 radical (unpaired) electrons. The van der Waals surface area contributed by atoms with E-state index in [2.05, 4.69) is 26.0 Å². The van der Waals surface area contributed by atoms with Crippen molar-refractivity contribution >= 4 is 28.2 Å². The van der Waals surface area contributed by atoms with E-state index in [0.29, 0.717) is 10.9 Å². The summed E-state index contributed by atoms with van der Waals surface area (Å²) in [4.78, 5) is 12.5. The van der Waals surface area contributed by atoms with Crippen molar-refractivity contribution in [2.75, 3.05) is 5.73 Å². The van der Waals surface area contributed by atoms with Crippen LogP contribution in [0.1, 0.15) is 25.3 Å². The van der Waals surface area contributed by atoms with Crippen molar-refractivity contribution in [3.05, 3.63) is 63.4 Å². The van der Waals surface area contributed by atoms with Gasteiger partial charge in [-0.1, -0.05) is 49.7 Å². The molecule has 0 atom stereocenters. The second kappa shape index (κ2) is 5.74. The third kappa shape index (κ3) is 2.51. The first-order chi connectivity index (χ1) is 10.9. The largest absolute Gasteiger partial charge is 0.394 e. The Balaban J connectivity index is 2.51. The summed E-state index contributed by atoms with van der Waals surface area (Å²) in [5.74, 6) is 0.386. The summed E-state index contributed by atoms with van der Waals surface area (Å²) in [7, 11) is 1.74. The van der Waals surface area contributed by atoms with Crippen molar-refractivity contribution in [1.29, 1.82) is 0 Å². The molecule has 0 bridgehead atoms. The average Bonchev–Trinajstić information content (AvgIpc) is 2.54. The number of nitrogens with two attached hydrogens (primary N) is 1. The summed E-state index contributed by atoms with van der Waals surface area (Å²) in [5, 5.41) is 1.53. The summed E-state index contributed by atoms with van der Waals surface area (Å²) in [6, 6.07) is 13.6. The highest BCUT2D eigenvalue weighted by atomic mass is 35.5. The Morgan fingerprint density at radius 2 is 1.83 bits per heavy atom. The van der Waals surface area contributed by atoms with E-state index in [9.17, 15) is 4.79 Å². The lowest BCUT2D eigenvalue weighted by atomic mass is 9.95. The maximum absolute atomic E-state index is 12.5. The SMILES string of the molecule is CC(C)c1ccc2c(c1)c(-c1ccccc1Cl)c(N)c(=O)n2C. The second-order valence-electron chi connectivity index (χ2n) is 6.06. The topological polar surface area (TPSA) is 48.0 Å². The summed E-state index contributed by atoms with van der Waals surface area (Å²) >= 11 is 6.36. The van der Waals surface area contributed by atoms with Crippen molar-refractivity contribution in [1.82, 2.24) is 4.57 Å². The summed E-state index contributed by atoms with van der Waals surface area (Å²) in [6.45, 7) is 4.28. The molecule has 0 aliphatic rings. The highest BCUT2D eigenvalue weighted by Gasteiger charge is 2.17. The molecule has 23 heavy (non-hydrogen) atoms. The van der Waals surface area contributed by atoms with Crippen molar-refractivity contribution in [3.8, 4) is 11.1 Å². The fourth-order valence-electron chi connectivity index (χ4n) is 2.90. The van der Waals surface area contributed by atoms with Crippen LogP contribution in [0.5, 0.6) is 0 Å². The van der Waals surface area contributed by atoms with Gasteiger partial charge >= 0.3 is 0 Å². The fraction of sp³-hybridized carbons (Fsp3) is 0.211. The van der Waals surface area contributed by atoms with Gasteiger partial charge in [-0.3, -0.25) is 4.79 Å². The lowest BCUT2D eigenvalue weighted by Gasteiger charge is -2.16. The van der Waals surface area contributed by atoms with E-state index in [4.69, 9.17) is 17.3 Å². The van der Waals surface area contributed by atoms with Crippen LogP contribution in [0.2, 0.25) is 5.02 Å². The van der Waals surface area contributed by atoms with Crippen LogP contribution in [0.4, 0.5) is 5.69 Å². The average molecular weight is 327 g/mol. The molecule has 2 N–H and O–H groups in total. The van der Waals surface area contributed by atoms with Crippen LogP contribution in [0.25, 0.3) is 22.0 Å². The van der Waals surface area contributed by atoms with Crippen LogP contribution < -0.4 is 11.3 Å². The van der Waals surface area contributed by atoms with Gasteiger partial charge in [0.2, 0.25) is 0 Å². The molecule has 1 heterocycles. The van der Waals surface area contributed by atoms with E-state index in [1.165, 1.54) is 5.56 Å². The monoisotopic (exact) mass is 326 g/mol. The van der Waals surface area contributed by atoms with Crippen LogP contribution in [-0.2, 0) is 7.05 Å². The molecule has 4 heteroatoms. The molecule has 118 valence electrons. The summed E-state index contributed by atoms with van der Waals surface area (Å²) < 4.78 is 1.59. The molecule has 1 aromatic heterocycles.